The van der Waals surface area contributed by atoms with Crippen LogP contribution in [-0.2, 0) is 0 Å². The van der Waals surface area contributed by atoms with Crippen LogP contribution in [0.5, 0.6) is 0 Å². The highest BCUT2D eigenvalue weighted by atomic mass is 15.3. The van der Waals surface area contributed by atoms with Gasteiger partial charge in [0.25, 0.3) is 0 Å². The monoisotopic (exact) mass is 206 g/mol. The molecule has 2 N–H and O–H groups in total. The van der Waals surface area contributed by atoms with Gasteiger partial charge in [0.15, 0.2) is 0 Å². The van der Waals surface area contributed by atoms with Crippen molar-refractivity contribution in [3.05, 3.63) is 17.5 Å². The predicted molar refractivity (Wildman–Crippen MR) is 60.9 cm³/mol. The summed E-state index contributed by atoms with van der Waals surface area (Å²) in [5.41, 5.74) is 7.93. The van der Waals surface area contributed by atoms with Gasteiger partial charge in [0.2, 0.25) is 5.95 Å². The number of aryl methyl sites for hydroxylation is 2. The molecule has 0 amide bonds. The zero-order valence-electron chi connectivity index (χ0n) is 9.40. The smallest absolute Gasteiger partial charge is 0.225 e. The zero-order chi connectivity index (χ0) is 10.8. The maximum absolute atomic E-state index is 5.73. The highest BCUT2D eigenvalue weighted by molar-refractivity contribution is 5.35. The van der Waals surface area contributed by atoms with Gasteiger partial charge in [-0.25, -0.2) is 9.97 Å². The molecule has 1 saturated heterocycles. The van der Waals surface area contributed by atoms with Crippen LogP contribution < -0.4 is 10.6 Å². The second-order valence-corrected chi connectivity index (χ2v) is 4.16. The summed E-state index contributed by atoms with van der Waals surface area (Å²) in [5, 5.41) is 0. The van der Waals surface area contributed by atoms with Gasteiger partial charge in [0.05, 0.1) is 0 Å². The van der Waals surface area contributed by atoms with E-state index in [2.05, 4.69) is 14.9 Å². The highest BCUT2D eigenvalue weighted by Gasteiger charge is 2.25. The van der Waals surface area contributed by atoms with Crippen LogP contribution in [0.3, 0.4) is 0 Å². The third kappa shape index (κ3) is 1.95. The lowest BCUT2D eigenvalue weighted by Crippen LogP contribution is -2.36. The Morgan fingerprint density at radius 1 is 1.53 bits per heavy atom. The summed E-state index contributed by atoms with van der Waals surface area (Å²) in [4.78, 5) is 11.1. The van der Waals surface area contributed by atoms with Gasteiger partial charge in [-0.15, -0.1) is 0 Å². The van der Waals surface area contributed by atoms with E-state index < -0.39 is 0 Å². The molecule has 0 saturated carbocycles. The number of anilines is 1. The van der Waals surface area contributed by atoms with Gasteiger partial charge in [0.1, 0.15) is 0 Å². The first-order chi connectivity index (χ1) is 7.22. The molecule has 1 unspecified atom stereocenters. The van der Waals surface area contributed by atoms with Crippen molar-refractivity contribution in [1.82, 2.24) is 9.97 Å². The molecule has 0 aliphatic carbocycles. The summed E-state index contributed by atoms with van der Waals surface area (Å²) in [6.07, 6.45) is 4.24. The fraction of sp³-hybridized carbons (Fsp3) is 0.636. The Bertz CT molecular complexity index is 350. The molecule has 0 aromatic carbocycles. The number of rotatable bonds is 2. The molecule has 1 aliphatic rings. The summed E-state index contributed by atoms with van der Waals surface area (Å²) >= 11 is 0. The van der Waals surface area contributed by atoms with Crippen LogP contribution in [0.25, 0.3) is 0 Å². The Morgan fingerprint density at radius 2 is 2.33 bits per heavy atom. The van der Waals surface area contributed by atoms with Gasteiger partial charge in [-0.2, -0.15) is 0 Å². The SMILES string of the molecule is Cc1cnc(N2CCCC2CN)nc1C. The molecule has 1 aliphatic heterocycles. The van der Waals surface area contributed by atoms with Crippen LogP contribution in [0.4, 0.5) is 5.95 Å². The third-order valence-electron chi connectivity index (χ3n) is 3.12. The molecule has 82 valence electrons. The average molecular weight is 206 g/mol. The first kappa shape index (κ1) is 10.4. The standard InChI is InChI=1S/C11H18N4/c1-8-7-13-11(14-9(8)2)15-5-3-4-10(15)6-12/h7,10H,3-6,12H2,1-2H3. The zero-order valence-corrected chi connectivity index (χ0v) is 9.40. The van der Waals surface area contributed by atoms with Crippen LogP contribution in [-0.4, -0.2) is 29.1 Å². The van der Waals surface area contributed by atoms with Crippen molar-refractivity contribution >= 4 is 5.95 Å². The normalized spacial score (nSPS) is 21.0. The number of hydrogen-bond acceptors (Lipinski definition) is 4. The second kappa shape index (κ2) is 4.14. The van der Waals surface area contributed by atoms with E-state index in [9.17, 15) is 0 Å². The van der Waals surface area contributed by atoms with E-state index in [1.807, 2.05) is 20.0 Å². The fourth-order valence-corrected chi connectivity index (χ4v) is 2.00. The van der Waals surface area contributed by atoms with Crippen molar-refractivity contribution < 1.29 is 0 Å². The van der Waals surface area contributed by atoms with E-state index in [4.69, 9.17) is 5.73 Å². The highest BCUT2D eigenvalue weighted by Crippen LogP contribution is 2.21. The summed E-state index contributed by atoms with van der Waals surface area (Å²) in [7, 11) is 0. The van der Waals surface area contributed by atoms with Crippen molar-refractivity contribution in [3.8, 4) is 0 Å². The Balaban J connectivity index is 2.25. The molecule has 1 aromatic rings. The Morgan fingerprint density at radius 3 is 3.00 bits per heavy atom. The minimum atomic E-state index is 0.423. The van der Waals surface area contributed by atoms with Crippen molar-refractivity contribution in [3.63, 3.8) is 0 Å². The number of nitrogens with two attached hydrogens (primary N) is 1. The van der Waals surface area contributed by atoms with Gasteiger partial charge in [0, 0.05) is 31.0 Å². The van der Waals surface area contributed by atoms with E-state index in [0.29, 0.717) is 12.6 Å². The maximum atomic E-state index is 5.73. The fourth-order valence-electron chi connectivity index (χ4n) is 2.00. The van der Waals surface area contributed by atoms with E-state index in [0.717, 1.165) is 30.2 Å². The molecule has 1 fully saturated rings. The first-order valence-corrected chi connectivity index (χ1v) is 5.49. The van der Waals surface area contributed by atoms with Crippen LogP contribution in [0.1, 0.15) is 24.1 Å². The van der Waals surface area contributed by atoms with E-state index in [1.165, 1.54) is 6.42 Å². The van der Waals surface area contributed by atoms with Gasteiger partial charge < -0.3 is 10.6 Å². The molecule has 0 bridgehead atoms. The number of hydrogen-bond donors (Lipinski definition) is 1. The lowest BCUT2D eigenvalue weighted by molar-refractivity contribution is 0.663. The average Bonchev–Trinajstić information content (AvgIpc) is 2.70. The predicted octanol–water partition coefficient (Wildman–Crippen LogP) is 1.02. The summed E-state index contributed by atoms with van der Waals surface area (Å²) < 4.78 is 0. The topological polar surface area (TPSA) is 55.0 Å². The molecule has 2 heterocycles. The second-order valence-electron chi connectivity index (χ2n) is 4.16. The van der Waals surface area contributed by atoms with E-state index >= 15 is 0 Å². The maximum Gasteiger partial charge on any atom is 0.225 e. The van der Waals surface area contributed by atoms with Gasteiger partial charge >= 0.3 is 0 Å². The quantitative estimate of drug-likeness (QED) is 0.785. The minimum absolute atomic E-state index is 0.423. The Hall–Kier alpha value is -1.16. The van der Waals surface area contributed by atoms with Crippen molar-refractivity contribution in [1.29, 1.82) is 0 Å². The molecule has 15 heavy (non-hydrogen) atoms. The lowest BCUT2D eigenvalue weighted by atomic mass is 10.2. The van der Waals surface area contributed by atoms with Crippen LogP contribution in [0, 0.1) is 13.8 Å². The van der Waals surface area contributed by atoms with Crippen molar-refractivity contribution in [2.24, 2.45) is 5.73 Å². The minimum Gasteiger partial charge on any atom is -0.337 e. The molecule has 4 heteroatoms. The van der Waals surface area contributed by atoms with Gasteiger partial charge in [-0.05, 0) is 32.3 Å². The summed E-state index contributed by atoms with van der Waals surface area (Å²) in [6.45, 7) is 5.78. The van der Waals surface area contributed by atoms with Crippen molar-refractivity contribution in [2.45, 2.75) is 32.7 Å². The largest absolute Gasteiger partial charge is 0.337 e. The molecule has 0 radical (unpaired) electrons. The Kier molecular flexibility index (Phi) is 2.86. The van der Waals surface area contributed by atoms with Crippen LogP contribution in [0.2, 0.25) is 0 Å². The third-order valence-corrected chi connectivity index (χ3v) is 3.12. The molecular formula is C11H18N4. The first-order valence-electron chi connectivity index (χ1n) is 5.49. The number of aromatic nitrogens is 2. The molecule has 1 atom stereocenters. The van der Waals surface area contributed by atoms with Gasteiger partial charge in [-0.1, -0.05) is 0 Å². The van der Waals surface area contributed by atoms with Gasteiger partial charge in [-0.3, -0.25) is 0 Å². The van der Waals surface area contributed by atoms with E-state index in [1.54, 1.807) is 0 Å². The molecular weight excluding hydrogens is 188 g/mol. The molecule has 0 spiro atoms. The lowest BCUT2D eigenvalue weighted by Gasteiger charge is -2.23. The van der Waals surface area contributed by atoms with Crippen LogP contribution >= 0.6 is 0 Å². The summed E-state index contributed by atoms with van der Waals surface area (Å²) in [5.74, 6) is 0.839. The molecule has 2 rings (SSSR count). The molecule has 1 aromatic heterocycles. The van der Waals surface area contributed by atoms with Crippen LogP contribution in [0.15, 0.2) is 6.20 Å². The van der Waals surface area contributed by atoms with E-state index in [-0.39, 0.29) is 0 Å². The Labute approximate surface area is 90.5 Å². The van der Waals surface area contributed by atoms with Crippen molar-refractivity contribution in [2.75, 3.05) is 18.0 Å². The molecule has 4 nitrogen and oxygen atoms in total. The summed E-state index contributed by atoms with van der Waals surface area (Å²) in [6, 6.07) is 0.423. The number of nitrogens with zero attached hydrogens (tertiary/aromatic N) is 3.